The van der Waals surface area contributed by atoms with Crippen molar-refractivity contribution in [2.45, 2.75) is 6.10 Å². The molecule has 1 fully saturated rings. The number of anilines is 1. The fourth-order valence-electron chi connectivity index (χ4n) is 2.56. The molecular weight excluding hydrogens is 268 g/mol. The molecule has 110 valence electrons. The molecule has 6 heteroatoms. The molecule has 21 heavy (non-hydrogen) atoms. The summed E-state index contributed by atoms with van der Waals surface area (Å²) in [6, 6.07) is 6.08. The summed E-state index contributed by atoms with van der Waals surface area (Å²) in [6.45, 7) is 2.78. The van der Waals surface area contributed by atoms with Crippen LogP contribution in [0.5, 0.6) is 5.75 Å². The minimum absolute atomic E-state index is 0.0615. The van der Waals surface area contributed by atoms with E-state index < -0.39 is 0 Å². The Balaban J connectivity index is 2.04. The molecule has 0 aromatic heterocycles. The Labute approximate surface area is 124 Å². The summed E-state index contributed by atoms with van der Waals surface area (Å²) >= 11 is 0. The first-order valence-electron chi connectivity index (χ1n) is 6.96. The molecular formula is C15H18N4O2. The molecule has 1 saturated heterocycles. The van der Waals surface area contributed by atoms with Crippen LogP contribution in [0, 0.1) is 11.3 Å². The molecule has 0 N–H and O–H groups in total. The van der Waals surface area contributed by atoms with Gasteiger partial charge >= 0.3 is 0 Å². The average Bonchev–Trinajstić information content (AvgIpc) is 2.61. The van der Waals surface area contributed by atoms with Crippen molar-refractivity contribution in [1.29, 1.82) is 5.26 Å². The first kappa shape index (κ1) is 13.7. The maximum atomic E-state index is 9.50. The van der Waals surface area contributed by atoms with Gasteiger partial charge in [-0.25, -0.2) is 4.99 Å². The van der Waals surface area contributed by atoms with Crippen molar-refractivity contribution in [2.24, 2.45) is 4.99 Å². The highest BCUT2D eigenvalue weighted by Crippen LogP contribution is 2.40. The molecule has 3 rings (SSSR count). The van der Waals surface area contributed by atoms with Crippen LogP contribution in [0.25, 0.3) is 0 Å². The van der Waals surface area contributed by atoms with Gasteiger partial charge in [-0.1, -0.05) is 0 Å². The molecule has 2 aliphatic heterocycles. The van der Waals surface area contributed by atoms with Gasteiger partial charge in [0.25, 0.3) is 0 Å². The van der Waals surface area contributed by atoms with Crippen LogP contribution < -0.4 is 9.64 Å². The third kappa shape index (κ3) is 2.65. The van der Waals surface area contributed by atoms with E-state index in [2.05, 4.69) is 16.0 Å². The number of fused-ring (bicyclic) bond motifs is 4. The van der Waals surface area contributed by atoms with E-state index in [0.717, 1.165) is 18.8 Å². The molecule has 1 aromatic rings. The van der Waals surface area contributed by atoms with Crippen LogP contribution >= 0.6 is 0 Å². The van der Waals surface area contributed by atoms with Gasteiger partial charge in [0.2, 0.25) is 0 Å². The van der Waals surface area contributed by atoms with E-state index >= 15 is 0 Å². The predicted molar refractivity (Wildman–Crippen MR) is 80.4 cm³/mol. The Morgan fingerprint density at radius 3 is 3.10 bits per heavy atom. The summed E-state index contributed by atoms with van der Waals surface area (Å²) in [5.74, 6) is 0.624. The van der Waals surface area contributed by atoms with E-state index in [-0.39, 0.29) is 6.10 Å². The molecule has 2 bridgehead atoms. The van der Waals surface area contributed by atoms with Crippen molar-refractivity contribution in [3.05, 3.63) is 17.7 Å². The van der Waals surface area contributed by atoms with Crippen LogP contribution in [0.2, 0.25) is 0 Å². The lowest BCUT2D eigenvalue weighted by Gasteiger charge is -2.31. The topological polar surface area (TPSA) is 61.1 Å². The highest BCUT2D eigenvalue weighted by Gasteiger charge is 2.29. The number of aliphatic imine (C=N–C) groups is 1. The van der Waals surface area contributed by atoms with Gasteiger partial charge in [-0.15, -0.1) is 0 Å². The summed E-state index contributed by atoms with van der Waals surface area (Å²) in [7, 11) is 3.78. The predicted octanol–water partition coefficient (Wildman–Crippen LogP) is 1.38. The van der Waals surface area contributed by atoms with Gasteiger partial charge in [0, 0.05) is 27.2 Å². The Morgan fingerprint density at radius 2 is 2.33 bits per heavy atom. The van der Waals surface area contributed by atoms with E-state index in [1.54, 1.807) is 6.34 Å². The first-order valence-corrected chi connectivity index (χ1v) is 6.96. The first-order chi connectivity index (χ1) is 10.2. The SMILES string of the molecule is CN(C)/C=N/c1ccc2c(c1C#N)OC[C@H]1CN2CCO1. The van der Waals surface area contributed by atoms with Gasteiger partial charge in [0.1, 0.15) is 24.3 Å². The monoisotopic (exact) mass is 286 g/mol. The Bertz CT molecular complexity index is 606. The summed E-state index contributed by atoms with van der Waals surface area (Å²) in [6.07, 6.45) is 1.74. The van der Waals surface area contributed by atoms with Crippen molar-refractivity contribution in [3.8, 4) is 11.8 Å². The quantitative estimate of drug-likeness (QED) is 0.607. The highest BCUT2D eigenvalue weighted by molar-refractivity contribution is 5.76. The minimum Gasteiger partial charge on any atom is -0.487 e. The van der Waals surface area contributed by atoms with Gasteiger partial charge < -0.3 is 19.3 Å². The van der Waals surface area contributed by atoms with Crippen molar-refractivity contribution in [2.75, 3.05) is 45.3 Å². The standard InChI is InChI=1S/C15H18N4O2/c1-18(2)10-17-13-3-4-14-15(12(13)7-16)21-9-11-8-19(14)5-6-20-11/h3-4,10-11H,5-6,8-9H2,1-2H3/b17-10+/t11-/m1/s1. The van der Waals surface area contributed by atoms with Crippen LogP contribution in [0.4, 0.5) is 11.4 Å². The molecule has 2 aliphatic rings. The molecule has 0 amide bonds. The third-order valence-corrected chi connectivity index (χ3v) is 3.55. The number of nitrogens with zero attached hydrogens (tertiary/aromatic N) is 4. The van der Waals surface area contributed by atoms with Gasteiger partial charge in [-0.2, -0.15) is 5.26 Å². The van der Waals surface area contributed by atoms with Crippen molar-refractivity contribution >= 4 is 17.7 Å². The normalized spacial score (nSPS) is 20.4. The lowest BCUT2D eigenvalue weighted by Crippen LogP contribution is -2.43. The zero-order valence-electron chi connectivity index (χ0n) is 12.2. The molecule has 0 saturated carbocycles. The second-order valence-corrected chi connectivity index (χ2v) is 5.38. The van der Waals surface area contributed by atoms with Crippen molar-refractivity contribution in [3.63, 3.8) is 0 Å². The fraction of sp³-hybridized carbons (Fsp3) is 0.467. The van der Waals surface area contributed by atoms with Crippen LogP contribution in [0.3, 0.4) is 0 Å². The van der Waals surface area contributed by atoms with Crippen LogP contribution in [0.15, 0.2) is 17.1 Å². The zero-order valence-corrected chi connectivity index (χ0v) is 12.2. The minimum atomic E-state index is 0.0615. The summed E-state index contributed by atoms with van der Waals surface area (Å²) in [4.78, 5) is 8.40. The summed E-state index contributed by atoms with van der Waals surface area (Å²) in [5.41, 5.74) is 2.07. The number of hydrogen-bond acceptors (Lipinski definition) is 5. The average molecular weight is 286 g/mol. The van der Waals surface area contributed by atoms with Crippen LogP contribution in [-0.2, 0) is 4.74 Å². The van der Waals surface area contributed by atoms with E-state index in [0.29, 0.717) is 30.2 Å². The Kier molecular flexibility index (Phi) is 3.67. The number of morpholine rings is 1. The second-order valence-electron chi connectivity index (χ2n) is 5.38. The number of rotatable bonds is 2. The van der Waals surface area contributed by atoms with E-state index in [9.17, 15) is 5.26 Å². The van der Waals surface area contributed by atoms with E-state index in [4.69, 9.17) is 9.47 Å². The van der Waals surface area contributed by atoms with Gasteiger partial charge in [0.15, 0.2) is 5.75 Å². The fourth-order valence-corrected chi connectivity index (χ4v) is 2.56. The Morgan fingerprint density at radius 1 is 1.48 bits per heavy atom. The second kappa shape index (κ2) is 5.62. The van der Waals surface area contributed by atoms with Crippen LogP contribution in [-0.4, -0.2) is 57.7 Å². The molecule has 6 nitrogen and oxygen atoms in total. The molecule has 0 spiro atoms. The number of nitriles is 1. The third-order valence-electron chi connectivity index (χ3n) is 3.55. The van der Waals surface area contributed by atoms with Gasteiger partial charge in [-0.3, -0.25) is 0 Å². The maximum Gasteiger partial charge on any atom is 0.162 e. The number of ether oxygens (including phenoxy) is 2. The summed E-state index contributed by atoms with van der Waals surface area (Å²) < 4.78 is 11.5. The zero-order chi connectivity index (χ0) is 14.8. The maximum absolute atomic E-state index is 9.50. The lowest BCUT2D eigenvalue weighted by molar-refractivity contribution is 0.0158. The molecule has 1 atom stereocenters. The van der Waals surface area contributed by atoms with E-state index in [1.165, 1.54) is 0 Å². The van der Waals surface area contributed by atoms with E-state index in [1.807, 2.05) is 31.1 Å². The Hall–Kier alpha value is -2.26. The van der Waals surface area contributed by atoms with Gasteiger partial charge in [-0.05, 0) is 12.1 Å². The lowest BCUT2D eigenvalue weighted by atomic mass is 10.1. The molecule has 0 unspecified atom stereocenters. The van der Waals surface area contributed by atoms with Gasteiger partial charge in [0.05, 0.1) is 24.3 Å². The molecule has 0 radical (unpaired) electrons. The number of hydrogen-bond donors (Lipinski definition) is 0. The largest absolute Gasteiger partial charge is 0.487 e. The number of benzene rings is 1. The van der Waals surface area contributed by atoms with Crippen molar-refractivity contribution in [1.82, 2.24) is 4.90 Å². The molecule has 0 aliphatic carbocycles. The highest BCUT2D eigenvalue weighted by atomic mass is 16.5. The molecule has 1 aromatic carbocycles. The van der Waals surface area contributed by atoms with Crippen LogP contribution in [0.1, 0.15) is 5.56 Å². The molecule has 2 heterocycles. The summed E-state index contributed by atoms with van der Waals surface area (Å²) in [5, 5.41) is 9.50. The smallest absolute Gasteiger partial charge is 0.162 e. The van der Waals surface area contributed by atoms with Crippen molar-refractivity contribution < 1.29 is 9.47 Å².